The molecule has 2 unspecified atom stereocenters. The first-order valence-electron chi connectivity index (χ1n) is 6.59. The van der Waals surface area contributed by atoms with E-state index in [9.17, 15) is 4.79 Å². The number of amides is 1. The molecule has 0 saturated carbocycles. The molecule has 1 saturated heterocycles. The van der Waals surface area contributed by atoms with E-state index in [0.717, 1.165) is 25.3 Å². The Morgan fingerprint density at radius 1 is 1.56 bits per heavy atom. The van der Waals surface area contributed by atoms with Gasteiger partial charge in [-0.1, -0.05) is 6.92 Å². The van der Waals surface area contributed by atoms with Gasteiger partial charge in [-0.2, -0.15) is 0 Å². The molecule has 2 atom stereocenters. The van der Waals surface area contributed by atoms with Gasteiger partial charge in [-0.15, -0.1) is 0 Å². The molecule has 0 aromatic carbocycles. The van der Waals surface area contributed by atoms with Gasteiger partial charge in [0.05, 0.1) is 5.56 Å². The molecule has 0 bridgehead atoms. The van der Waals surface area contributed by atoms with Crippen LogP contribution in [0.15, 0.2) is 10.5 Å². The molecule has 0 spiro atoms. The molecule has 1 fully saturated rings. The molecule has 1 aliphatic heterocycles. The minimum atomic E-state index is 0.0784. The maximum Gasteiger partial charge on any atom is 0.257 e. The molecule has 0 radical (unpaired) electrons. The number of piperidine rings is 1. The number of nitrogens with zero attached hydrogens (tertiary/aromatic N) is 1. The molecule has 0 aliphatic carbocycles. The molecule has 4 nitrogen and oxygen atoms in total. The van der Waals surface area contributed by atoms with Crippen LogP contribution in [-0.4, -0.2) is 30.4 Å². The van der Waals surface area contributed by atoms with Crippen molar-refractivity contribution in [1.29, 1.82) is 0 Å². The number of hydrogen-bond acceptors (Lipinski definition) is 3. The number of furan rings is 1. The zero-order valence-corrected chi connectivity index (χ0v) is 11.4. The van der Waals surface area contributed by atoms with Gasteiger partial charge in [0.25, 0.3) is 5.91 Å². The van der Waals surface area contributed by atoms with Gasteiger partial charge in [0.15, 0.2) is 0 Å². The molecule has 1 aliphatic rings. The Morgan fingerprint density at radius 3 is 2.83 bits per heavy atom. The van der Waals surface area contributed by atoms with Gasteiger partial charge < -0.3 is 15.1 Å². The summed E-state index contributed by atoms with van der Waals surface area (Å²) in [4.78, 5) is 14.3. The van der Waals surface area contributed by atoms with Crippen molar-refractivity contribution in [2.24, 2.45) is 17.6 Å². The van der Waals surface area contributed by atoms with E-state index in [1.807, 2.05) is 24.8 Å². The number of likely N-dealkylation sites (tertiary alicyclic amines) is 1. The van der Waals surface area contributed by atoms with Crippen LogP contribution < -0.4 is 5.73 Å². The van der Waals surface area contributed by atoms with Gasteiger partial charge in [-0.25, -0.2) is 0 Å². The average Bonchev–Trinajstić information content (AvgIpc) is 2.68. The fourth-order valence-electron chi connectivity index (χ4n) is 2.65. The smallest absolute Gasteiger partial charge is 0.257 e. The molecular formula is C14H22N2O2. The average molecular weight is 250 g/mol. The first-order chi connectivity index (χ1) is 8.52. The second-order valence-electron chi connectivity index (χ2n) is 5.34. The van der Waals surface area contributed by atoms with Crippen molar-refractivity contribution < 1.29 is 9.21 Å². The van der Waals surface area contributed by atoms with Crippen LogP contribution in [-0.2, 0) is 0 Å². The lowest BCUT2D eigenvalue weighted by molar-refractivity contribution is 0.0617. The van der Waals surface area contributed by atoms with Crippen molar-refractivity contribution in [3.05, 3.63) is 23.2 Å². The minimum absolute atomic E-state index is 0.0784. The highest BCUT2D eigenvalue weighted by Crippen LogP contribution is 2.25. The summed E-state index contributed by atoms with van der Waals surface area (Å²) in [6.45, 7) is 8.15. The highest BCUT2D eigenvalue weighted by atomic mass is 16.3. The van der Waals surface area contributed by atoms with Crippen molar-refractivity contribution in [3.63, 3.8) is 0 Å². The van der Waals surface area contributed by atoms with E-state index in [-0.39, 0.29) is 5.91 Å². The topological polar surface area (TPSA) is 59.5 Å². The lowest BCUT2D eigenvalue weighted by Crippen LogP contribution is -2.45. The lowest BCUT2D eigenvalue weighted by atomic mass is 9.87. The molecule has 2 rings (SSSR count). The van der Waals surface area contributed by atoms with Crippen LogP contribution >= 0.6 is 0 Å². The summed E-state index contributed by atoms with van der Waals surface area (Å²) in [5.41, 5.74) is 6.46. The van der Waals surface area contributed by atoms with E-state index >= 15 is 0 Å². The highest BCUT2D eigenvalue weighted by molar-refractivity contribution is 5.95. The van der Waals surface area contributed by atoms with E-state index in [4.69, 9.17) is 10.2 Å². The number of hydrogen-bond donors (Lipinski definition) is 1. The SMILES string of the molecule is Cc1cc(C(=O)N2CCC(C)C(CN)C2)c(C)o1. The molecule has 100 valence electrons. The lowest BCUT2D eigenvalue weighted by Gasteiger charge is -2.36. The quantitative estimate of drug-likeness (QED) is 0.872. The third-order valence-corrected chi connectivity index (χ3v) is 3.98. The van der Waals surface area contributed by atoms with Crippen LogP contribution in [0.5, 0.6) is 0 Å². The van der Waals surface area contributed by atoms with E-state index in [1.54, 1.807) is 0 Å². The number of carbonyl (C=O) groups is 1. The second-order valence-corrected chi connectivity index (χ2v) is 5.34. The summed E-state index contributed by atoms with van der Waals surface area (Å²) in [6.07, 6.45) is 1.03. The number of aryl methyl sites for hydroxylation is 2. The molecule has 2 N–H and O–H groups in total. The van der Waals surface area contributed by atoms with Crippen molar-refractivity contribution >= 4 is 5.91 Å². The highest BCUT2D eigenvalue weighted by Gasteiger charge is 2.29. The van der Waals surface area contributed by atoms with Crippen molar-refractivity contribution in [2.75, 3.05) is 19.6 Å². The molecule has 1 aromatic rings. The van der Waals surface area contributed by atoms with Crippen LogP contribution in [0.2, 0.25) is 0 Å². The minimum Gasteiger partial charge on any atom is -0.466 e. The maximum atomic E-state index is 12.4. The van der Waals surface area contributed by atoms with Crippen LogP contribution in [0.4, 0.5) is 0 Å². The number of rotatable bonds is 2. The Morgan fingerprint density at radius 2 is 2.28 bits per heavy atom. The van der Waals surface area contributed by atoms with Crippen LogP contribution in [0, 0.1) is 25.7 Å². The summed E-state index contributed by atoms with van der Waals surface area (Å²) in [5.74, 6) is 2.59. The van der Waals surface area contributed by atoms with E-state index in [0.29, 0.717) is 29.7 Å². The Balaban J connectivity index is 2.12. The van der Waals surface area contributed by atoms with Gasteiger partial charge in [0.1, 0.15) is 11.5 Å². The second kappa shape index (κ2) is 5.14. The van der Waals surface area contributed by atoms with Gasteiger partial charge in [-0.3, -0.25) is 4.79 Å². The molecule has 1 amide bonds. The van der Waals surface area contributed by atoms with Crippen molar-refractivity contribution in [2.45, 2.75) is 27.2 Å². The summed E-state index contributed by atoms with van der Waals surface area (Å²) < 4.78 is 5.43. The largest absolute Gasteiger partial charge is 0.466 e. The summed E-state index contributed by atoms with van der Waals surface area (Å²) in [5, 5.41) is 0. The first-order valence-corrected chi connectivity index (χ1v) is 6.59. The predicted molar refractivity (Wildman–Crippen MR) is 70.4 cm³/mol. The normalized spacial score (nSPS) is 24.3. The fourth-order valence-corrected chi connectivity index (χ4v) is 2.65. The monoisotopic (exact) mass is 250 g/mol. The molecule has 1 aromatic heterocycles. The Kier molecular flexibility index (Phi) is 3.76. The van der Waals surface area contributed by atoms with E-state index in [1.165, 1.54) is 0 Å². The van der Waals surface area contributed by atoms with Gasteiger partial charge in [0.2, 0.25) is 0 Å². The Labute approximate surface area is 108 Å². The summed E-state index contributed by atoms with van der Waals surface area (Å²) in [7, 11) is 0. The van der Waals surface area contributed by atoms with Crippen molar-refractivity contribution in [1.82, 2.24) is 4.90 Å². The third kappa shape index (κ3) is 2.43. The van der Waals surface area contributed by atoms with Gasteiger partial charge >= 0.3 is 0 Å². The standard InChI is InChI=1S/C14H22N2O2/c1-9-4-5-16(8-12(9)7-15)14(17)13-6-10(2)18-11(13)3/h6,9,12H,4-5,7-8,15H2,1-3H3. The van der Waals surface area contributed by atoms with Crippen LogP contribution in [0.3, 0.4) is 0 Å². The molecular weight excluding hydrogens is 228 g/mol. The van der Waals surface area contributed by atoms with Crippen molar-refractivity contribution in [3.8, 4) is 0 Å². The van der Waals surface area contributed by atoms with E-state index < -0.39 is 0 Å². The zero-order valence-electron chi connectivity index (χ0n) is 11.4. The first kappa shape index (κ1) is 13.1. The Hall–Kier alpha value is -1.29. The van der Waals surface area contributed by atoms with E-state index in [2.05, 4.69) is 6.92 Å². The van der Waals surface area contributed by atoms with Gasteiger partial charge in [-0.05, 0) is 44.7 Å². The third-order valence-electron chi connectivity index (χ3n) is 3.98. The molecule has 2 heterocycles. The Bertz CT molecular complexity index is 439. The molecule has 4 heteroatoms. The maximum absolute atomic E-state index is 12.4. The summed E-state index contributed by atoms with van der Waals surface area (Å²) >= 11 is 0. The number of carbonyl (C=O) groups excluding carboxylic acids is 1. The number of nitrogens with two attached hydrogens (primary N) is 1. The molecule has 18 heavy (non-hydrogen) atoms. The van der Waals surface area contributed by atoms with Crippen LogP contribution in [0.1, 0.15) is 35.2 Å². The summed E-state index contributed by atoms with van der Waals surface area (Å²) in [6, 6.07) is 1.83. The van der Waals surface area contributed by atoms with Crippen LogP contribution in [0.25, 0.3) is 0 Å². The van der Waals surface area contributed by atoms with Gasteiger partial charge in [0, 0.05) is 13.1 Å². The fraction of sp³-hybridized carbons (Fsp3) is 0.643. The predicted octanol–water partition coefficient (Wildman–Crippen LogP) is 1.95. The zero-order chi connectivity index (χ0) is 13.3.